The Morgan fingerprint density at radius 2 is 1.79 bits per heavy atom. The SMILES string of the molecule is CCC(O)(C#Cc1nc(N)c2nc(-c3cc(F)cc(F)c3)n(C3CC3)c2n1)CC. The summed E-state index contributed by atoms with van der Waals surface area (Å²) in [6.45, 7) is 3.70. The van der Waals surface area contributed by atoms with Crippen molar-refractivity contribution in [3.05, 3.63) is 35.7 Å². The third-order valence-corrected chi connectivity index (χ3v) is 5.18. The zero-order valence-corrected chi connectivity index (χ0v) is 16.2. The van der Waals surface area contributed by atoms with Crippen LogP contribution in [0.4, 0.5) is 14.6 Å². The van der Waals surface area contributed by atoms with Gasteiger partial charge in [0.25, 0.3) is 0 Å². The van der Waals surface area contributed by atoms with Gasteiger partial charge >= 0.3 is 0 Å². The smallest absolute Gasteiger partial charge is 0.209 e. The van der Waals surface area contributed by atoms with Crippen LogP contribution in [0, 0.1) is 23.5 Å². The molecular weight excluding hydrogens is 376 g/mol. The lowest BCUT2D eigenvalue weighted by Gasteiger charge is -2.16. The number of fused-ring (bicyclic) bond motifs is 1. The number of halogens is 2. The first-order valence-electron chi connectivity index (χ1n) is 9.61. The number of anilines is 1. The van der Waals surface area contributed by atoms with Gasteiger partial charge in [0.2, 0.25) is 5.82 Å². The fourth-order valence-corrected chi connectivity index (χ4v) is 3.22. The standard InChI is InChI=1S/C21H21F2N5O/c1-3-21(29,4-2)8-7-16-25-18(24)17-20(26-16)28(15-5-6-15)19(27-17)12-9-13(22)11-14(23)10-12/h9-11,15,29H,3-6H2,1-2H3,(H2,24,25,26). The van der Waals surface area contributed by atoms with E-state index in [2.05, 4.69) is 26.8 Å². The molecule has 1 saturated carbocycles. The Morgan fingerprint density at radius 1 is 1.14 bits per heavy atom. The summed E-state index contributed by atoms with van der Waals surface area (Å²) in [4.78, 5) is 13.2. The fraction of sp³-hybridized carbons (Fsp3) is 0.381. The number of aliphatic hydroxyl groups is 1. The van der Waals surface area contributed by atoms with Gasteiger partial charge in [0.15, 0.2) is 17.0 Å². The molecule has 0 amide bonds. The maximum atomic E-state index is 13.8. The van der Waals surface area contributed by atoms with Crippen molar-refractivity contribution >= 4 is 17.0 Å². The molecule has 1 aliphatic rings. The summed E-state index contributed by atoms with van der Waals surface area (Å²) in [6.07, 6.45) is 2.77. The molecule has 3 aromatic rings. The van der Waals surface area contributed by atoms with Gasteiger partial charge < -0.3 is 15.4 Å². The Morgan fingerprint density at radius 3 is 2.38 bits per heavy atom. The molecule has 8 heteroatoms. The van der Waals surface area contributed by atoms with Gasteiger partial charge in [0.05, 0.1) is 0 Å². The van der Waals surface area contributed by atoms with Gasteiger partial charge in [0, 0.05) is 17.7 Å². The van der Waals surface area contributed by atoms with E-state index in [0.717, 1.165) is 18.9 Å². The number of rotatable bonds is 4. The van der Waals surface area contributed by atoms with Gasteiger partial charge in [-0.25, -0.2) is 23.7 Å². The third kappa shape index (κ3) is 3.66. The minimum Gasteiger partial charge on any atom is -0.382 e. The Kier molecular flexibility index (Phi) is 4.71. The van der Waals surface area contributed by atoms with Crippen molar-refractivity contribution < 1.29 is 13.9 Å². The van der Waals surface area contributed by atoms with Gasteiger partial charge in [-0.05, 0) is 43.7 Å². The first-order chi connectivity index (χ1) is 13.8. The number of nitrogens with zero attached hydrogens (tertiary/aromatic N) is 4. The molecule has 0 unspecified atom stereocenters. The zero-order valence-electron chi connectivity index (χ0n) is 16.2. The Balaban J connectivity index is 1.90. The van der Waals surface area contributed by atoms with E-state index in [1.165, 1.54) is 12.1 Å². The highest BCUT2D eigenvalue weighted by molar-refractivity contribution is 5.86. The Bertz CT molecular complexity index is 1130. The van der Waals surface area contributed by atoms with Crippen LogP contribution < -0.4 is 5.73 Å². The molecule has 2 aromatic heterocycles. The lowest BCUT2D eigenvalue weighted by molar-refractivity contribution is 0.0931. The number of hydrogen-bond donors (Lipinski definition) is 2. The molecule has 3 N–H and O–H groups in total. The second-order valence-corrected chi connectivity index (χ2v) is 7.29. The summed E-state index contributed by atoms with van der Waals surface area (Å²) in [7, 11) is 0. The van der Waals surface area contributed by atoms with Crippen LogP contribution in [0.15, 0.2) is 18.2 Å². The van der Waals surface area contributed by atoms with E-state index in [9.17, 15) is 13.9 Å². The molecule has 4 rings (SSSR count). The normalized spacial score (nSPS) is 14.1. The molecule has 0 bridgehead atoms. The highest BCUT2D eigenvalue weighted by Gasteiger charge is 2.31. The minimum absolute atomic E-state index is 0.125. The highest BCUT2D eigenvalue weighted by atomic mass is 19.1. The van der Waals surface area contributed by atoms with Crippen molar-refractivity contribution in [1.29, 1.82) is 0 Å². The monoisotopic (exact) mass is 397 g/mol. The predicted molar refractivity (Wildman–Crippen MR) is 106 cm³/mol. The van der Waals surface area contributed by atoms with Crippen LogP contribution in [0.25, 0.3) is 22.6 Å². The lowest BCUT2D eigenvalue weighted by Crippen LogP contribution is -2.23. The highest BCUT2D eigenvalue weighted by Crippen LogP contribution is 2.41. The van der Waals surface area contributed by atoms with E-state index in [1.807, 2.05) is 18.4 Å². The van der Waals surface area contributed by atoms with E-state index < -0.39 is 17.2 Å². The van der Waals surface area contributed by atoms with Crippen LogP contribution in [0.3, 0.4) is 0 Å². The first-order valence-corrected chi connectivity index (χ1v) is 9.61. The zero-order chi connectivity index (χ0) is 20.8. The maximum Gasteiger partial charge on any atom is 0.209 e. The van der Waals surface area contributed by atoms with Crippen molar-refractivity contribution in [2.75, 3.05) is 5.73 Å². The summed E-state index contributed by atoms with van der Waals surface area (Å²) in [6, 6.07) is 3.41. The number of aromatic nitrogens is 4. The van der Waals surface area contributed by atoms with Crippen molar-refractivity contribution in [3.8, 4) is 23.2 Å². The molecule has 0 aliphatic heterocycles. The van der Waals surface area contributed by atoms with Crippen LogP contribution in [0.5, 0.6) is 0 Å². The molecule has 6 nitrogen and oxygen atoms in total. The molecule has 29 heavy (non-hydrogen) atoms. The molecule has 0 atom stereocenters. The number of hydrogen-bond acceptors (Lipinski definition) is 5. The number of nitrogen functional groups attached to an aromatic ring is 1. The van der Waals surface area contributed by atoms with Crippen LogP contribution in [-0.2, 0) is 0 Å². The van der Waals surface area contributed by atoms with Gasteiger partial charge in [-0.2, -0.15) is 0 Å². The Hall–Kier alpha value is -3.05. The van der Waals surface area contributed by atoms with E-state index in [0.29, 0.717) is 35.4 Å². The lowest BCUT2D eigenvalue weighted by atomic mass is 9.98. The molecule has 0 spiro atoms. The summed E-state index contributed by atoms with van der Waals surface area (Å²) >= 11 is 0. The number of imidazole rings is 1. The minimum atomic E-state index is -1.12. The van der Waals surface area contributed by atoms with Gasteiger partial charge in [-0.3, -0.25) is 0 Å². The molecule has 0 saturated heterocycles. The van der Waals surface area contributed by atoms with Gasteiger partial charge in [-0.1, -0.05) is 19.8 Å². The van der Waals surface area contributed by atoms with Crippen LogP contribution in [-0.4, -0.2) is 30.2 Å². The summed E-state index contributed by atoms with van der Waals surface area (Å²) in [5.41, 5.74) is 6.13. The molecule has 0 radical (unpaired) electrons. The van der Waals surface area contributed by atoms with Crippen molar-refractivity contribution in [1.82, 2.24) is 19.5 Å². The Labute approximate surface area is 166 Å². The summed E-state index contributed by atoms with van der Waals surface area (Å²) < 4.78 is 29.4. The molecule has 150 valence electrons. The fourth-order valence-electron chi connectivity index (χ4n) is 3.22. The van der Waals surface area contributed by atoms with E-state index >= 15 is 0 Å². The second-order valence-electron chi connectivity index (χ2n) is 7.29. The van der Waals surface area contributed by atoms with Gasteiger partial charge in [0.1, 0.15) is 23.1 Å². The second kappa shape index (κ2) is 7.08. The van der Waals surface area contributed by atoms with Crippen LogP contribution in [0.1, 0.15) is 51.4 Å². The van der Waals surface area contributed by atoms with E-state index in [4.69, 9.17) is 5.73 Å². The third-order valence-electron chi connectivity index (χ3n) is 5.18. The van der Waals surface area contributed by atoms with Crippen LogP contribution >= 0.6 is 0 Å². The topological polar surface area (TPSA) is 89.9 Å². The largest absolute Gasteiger partial charge is 0.382 e. The maximum absolute atomic E-state index is 13.8. The average Bonchev–Trinajstić information content (AvgIpc) is 3.45. The summed E-state index contributed by atoms with van der Waals surface area (Å²) in [5.74, 6) is 4.97. The number of nitrogens with two attached hydrogens (primary N) is 1. The molecule has 2 heterocycles. The molecular formula is C21H21F2N5O. The molecule has 1 aromatic carbocycles. The van der Waals surface area contributed by atoms with Crippen molar-refractivity contribution in [3.63, 3.8) is 0 Å². The van der Waals surface area contributed by atoms with Crippen LogP contribution in [0.2, 0.25) is 0 Å². The van der Waals surface area contributed by atoms with Crippen molar-refractivity contribution in [2.45, 2.75) is 51.2 Å². The summed E-state index contributed by atoms with van der Waals surface area (Å²) in [5, 5.41) is 10.4. The predicted octanol–water partition coefficient (Wildman–Crippen LogP) is 3.59. The van der Waals surface area contributed by atoms with E-state index in [-0.39, 0.29) is 17.7 Å². The molecule has 1 fully saturated rings. The first kappa shape index (κ1) is 19.3. The quantitative estimate of drug-likeness (QED) is 0.657. The number of benzene rings is 1. The van der Waals surface area contributed by atoms with Gasteiger partial charge in [-0.15, -0.1) is 0 Å². The average molecular weight is 397 g/mol. The molecule has 1 aliphatic carbocycles. The van der Waals surface area contributed by atoms with Crippen molar-refractivity contribution in [2.24, 2.45) is 0 Å². The van der Waals surface area contributed by atoms with E-state index in [1.54, 1.807) is 0 Å².